The molecule has 0 spiro atoms. The Labute approximate surface area is 212 Å². The summed E-state index contributed by atoms with van der Waals surface area (Å²) in [4.78, 5) is 27.9. The van der Waals surface area contributed by atoms with Crippen molar-refractivity contribution in [3.05, 3.63) is 75.1 Å². The molecule has 0 fully saturated rings. The number of ether oxygens (including phenoxy) is 1. The number of aromatic nitrogens is 1. The van der Waals surface area contributed by atoms with E-state index in [9.17, 15) is 9.59 Å². The molecule has 1 aromatic carbocycles. The van der Waals surface area contributed by atoms with Crippen LogP contribution in [0, 0.1) is 0 Å². The maximum atomic E-state index is 13.6. The first-order chi connectivity index (χ1) is 17.2. The Morgan fingerprint density at radius 3 is 2.74 bits per heavy atom. The van der Waals surface area contributed by atoms with E-state index in [1.54, 1.807) is 29.8 Å². The zero-order valence-corrected chi connectivity index (χ0v) is 21.4. The molecule has 3 aromatic heterocycles. The number of amides is 2. The molecule has 5 rings (SSSR count). The number of carbonyl (C=O) groups excluding carboxylic acids is 2. The molecule has 0 unspecified atom stereocenters. The first-order valence-corrected chi connectivity index (χ1v) is 13.7. The van der Waals surface area contributed by atoms with Gasteiger partial charge in [0.15, 0.2) is 0 Å². The van der Waals surface area contributed by atoms with Gasteiger partial charge in [0, 0.05) is 25.1 Å². The van der Waals surface area contributed by atoms with Crippen LogP contribution in [0.25, 0.3) is 10.2 Å². The number of thiophene rings is 2. The van der Waals surface area contributed by atoms with Gasteiger partial charge in [-0.2, -0.15) is 0 Å². The highest BCUT2D eigenvalue weighted by molar-refractivity contribution is 7.17. The van der Waals surface area contributed by atoms with Gasteiger partial charge in [0.1, 0.15) is 10.7 Å². The SMILES string of the molecule is COCCNC(=O)c1c(NC(=O)c2cc3sccc3n2CCc2ccccc2)sc2c1CCCC2. The third-order valence-electron chi connectivity index (χ3n) is 6.44. The fourth-order valence-electron chi connectivity index (χ4n) is 4.71. The Bertz CT molecular complexity index is 1340. The van der Waals surface area contributed by atoms with Crippen molar-refractivity contribution in [1.82, 2.24) is 9.88 Å². The molecular weight excluding hydrogens is 478 g/mol. The van der Waals surface area contributed by atoms with Crippen LogP contribution in [-0.4, -0.2) is 36.6 Å². The third-order valence-corrected chi connectivity index (χ3v) is 8.50. The number of methoxy groups -OCH3 is 1. The average Bonchev–Trinajstić information content (AvgIpc) is 3.56. The molecule has 0 bridgehead atoms. The van der Waals surface area contributed by atoms with E-state index in [0.29, 0.717) is 36.0 Å². The van der Waals surface area contributed by atoms with Crippen molar-refractivity contribution in [2.75, 3.05) is 25.6 Å². The van der Waals surface area contributed by atoms with Crippen LogP contribution in [0.5, 0.6) is 0 Å². The van der Waals surface area contributed by atoms with Crippen molar-refractivity contribution < 1.29 is 14.3 Å². The van der Waals surface area contributed by atoms with Crippen LogP contribution in [0.2, 0.25) is 0 Å². The minimum Gasteiger partial charge on any atom is -0.383 e. The van der Waals surface area contributed by atoms with Gasteiger partial charge < -0.3 is 19.9 Å². The lowest BCUT2D eigenvalue weighted by Gasteiger charge is -2.14. The lowest BCUT2D eigenvalue weighted by molar-refractivity contribution is 0.0937. The molecule has 1 aliphatic rings. The molecule has 2 N–H and O–H groups in total. The Morgan fingerprint density at radius 1 is 1.09 bits per heavy atom. The second-order valence-corrected chi connectivity index (χ2v) is 10.8. The van der Waals surface area contributed by atoms with Crippen LogP contribution in [-0.2, 0) is 30.5 Å². The maximum absolute atomic E-state index is 13.6. The van der Waals surface area contributed by atoms with Crippen LogP contribution >= 0.6 is 22.7 Å². The monoisotopic (exact) mass is 507 g/mol. The molecule has 1 aliphatic carbocycles. The summed E-state index contributed by atoms with van der Waals surface area (Å²) in [5, 5.41) is 8.77. The van der Waals surface area contributed by atoms with Gasteiger partial charge in [-0.15, -0.1) is 22.7 Å². The van der Waals surface area contributed by atoms with Crippen LogP contribution < -0.4 is 10.6 Å². The van der Waals surface area contributed by atoms with Crippen LogP contribution in [0.4, 0.5) is 5.00 Å². The second-order valence-electron chi connectivity index (χ2n) is 8.70. The van der Waals surface area contributed by atoms with Gasteiger partial charge in [-0.3, -0.25) is 9.59 Å². The zero-order valence-electron chi connectivity index (χ0n) is 19.8. The van der Waals surface area contributed by atoms with E-state index < -0.39 is 0 Å². The topological polar surface area (TPSA) is 72.4 Å². The van der Waals surface area contributed by atoms with E-state index in [4.69, 9.17) is 4.74 Å². The number of nitrogens with one attached hydrogen (secondary N) is 2. The van der Waals surface area contributed by atoms with Gasteiger partial charge in [-0.25, -0.2) is 0 Å². The molecule has 182 valence electrons. The molecule has 6 nitrogen and oxygen atoms in total. The van der Waals surface area contributed by atoms with Gasteiger partial charge in [-0.05, 0) is 60.7 Å². The van der Waals surface area contributed by atoms with Gasteiger partial charge in [0.2, 0.25) is 0 Å². The summed E-state index contributed by atoms with van der Waals surface area (Å²) in [7, 11) is 1.61. The molecule has 0 atom stereocenters. The molecule has 0 aliphatic heterocycles. The van der Waals surface area contributed by atoms with E-state index in [2.05, 4.69) is 38.8 Å². The van der Waals surface area contributed by atoms with Crippen LogP contribution in [0.15, 0.2) is 47.8 Å². The van der Waals surface area contributed by atoms with Crippen molar-refractivity contribution in [3.8, 4) is 0 Å². The molecule has 4 aromatic rings. The normalized spacial score (nSPS) is 13.1. The predicted molar refractivity (Wildman–Crippen MR) is 143 cm³/mol. The van der Waals surface area contributed by atoms with Crippen LogP contribution in [0.3, 0.4) is 0 Å². The average molecular weight is 508 g/mol. The highest BCUT2D eigenvalue weighted by Crippen LogP contribution is 2.38. The molecule has 0 radical (unpaired) electrons. The highest BCUT2D eigenvalue weighted by Gasteiger charge is 2.27. The third kappa shape index (κ3) is 5.05. The van der Waals surface area contributed by atoms with E-state index >= 15 is 0 Å². The first-order valence-electron chi connectivity index (χ1n) is 12.0. The number of hydrogen-bond acceptors (Lipinski definition) is 5. The van der Waals surface area contributed by atoms with E-state index in [1.807, 2.05) is 24.3 Å². The quantitative estimate of drug-likeness (QED) is 0.293. The molecule has 3 heterocycles. The van der Waals surface area contributed by atoms with Gasteiger partial charge >= 0.3 is 0 Å². The minimum atomic E-state index is -0.175. The minimum absolute atomic E-state index is 0.141. The van der Waals surface area contributed by atoms with Crippen molar-refractivity contribution >= 4 is 49.7 Å². The number of carbonyl (C=O) groups is 2. The smallest absolute Gasteiger partial charge is 0.272 e. The lowest BCUT2D eigenvalue weighted by Crippen LogP contribution is -2.29. The van der Waals surface area contributed by atoms with Crippen molar-refractivity contribution in [2.45, 2.75) is 38.6 Å². The van der Waals surface area contributed by atoms with Crippen LogP contribution in [0.1, 0.15) is 49.7 Å². The Hall–Kier alpha value is -2.94. The standard InChI is InChI=1S/C27H29N3O3S2/c1-33-15-13-28-26(32)24-19-9-5-6-10-22(19)35-27(24)29-25(31)21-17-23-20(12-16-34-23)30(21)14-11-18-7-3-2-4-8-18/h2-4,7-8,12,16-17H,5-6,9-11,13-15H2,1H3,(H,28,32)(H,29,31). The summed E-state index contributed by atoms with van der Waals surface area (Å²) < 4.78 is 8.27. The fraction of sp³-hybridized carbons (Fsp3) is 0.333. The van der Waals surface area contributed by atoms with Gasteiger partial charge in [0.05, 0.1) is 22.4 Å². The molecule has 2 amide bonds. The molecular formula is C27H29N3O3S2. The van der Waals surface area contributed by atoms with Crippen molar-refractivity contribution in [3.63, 3.8) is 0 Å². The summed E-state index contributed by atoms with van der Waals surface area (Å²) in [6, 6.07) is 14.3. The summed E-state index contributed by atoms with van der Waals surface area (Å²) in [6.45, 7) is 1.59. The largest absolute Gasteiger partial charge is 0.383 e. The van der Waals surface area contributed by atoms with Crippen molar-refractivity contribution in [1.29, 1.82) is 0 Å². The summed E-state index contributed by atoms with van der Waals surface area (Å²) in [5.74, 6) is -0.316. The molecule has 0 saturated carbocycles. The molecule has 8 heteroatoms. The van der Waals surface area contributed by atoms with E-state index in [-0.39, 0.29) is 11.8 Å². The summed E-state index contributed by atoms with van der Waals surface area (Å²) in [5.41, 5.74) is 4.64. The summed E-state index contributed by atoms with van der Waals surface area (Å²) >= 11 is 3.18. The van der Waals surface area contributed by atoms with Crippen molar-refractivity contribution in [2.24, 2.45) is 0 Å². The number of benzene rings is 1. The van der Waals surface area contributed by atoms with E-state index in [0.717, 1.165) is 47.9 Å². The molecule has 0 saturated heterocycles. The fourth-order valence-corrected chi connectivity index (χ4v) is 6.81. The summed E-state index contributed by atoms with van der Waals surface area (Å²) in [6.07, 6.45) is 4.84. The maximum Gasteiger partial charge on any atom is 0.272 e. The predicted octanol–water partition coefficient (Wildman–Crippen LogP) is 5.51. The number of fused-ring (bicyclic) bond motifs is 2. The van der Waals surface area contributed by atoms with Gasteiger partial charge in [-0.1, -0.05) is 30.3 Å². The zero-order chi connectivity index (χ0) is 24.2. The Morgan fingerprint density at radius 2 is 1.91 bits per heavy atom. The number of rotatable bonds is 9. The number of hydrogen-bond donors (Lipinski definition) is 2. The number of anilines is 1. The Kier molecular flexibility index (Phi) is 7.32. The highest BCUT2D eigenvalue weighted by atomic mass is 32.1. The Balaban J connectivity index is 1.43. The van der Waals surface area contributed by atoms with E-state index in [1.165, 1.54) is 10.4 Å². The first kappa shape index (κ1) is 23.8. The van der Waals surface area contributed by atoms with Gasteiger partial charge in [0.25, 0.3) is 11.8 Å². The molecule has 35 heavy (non-hydrogen) atoms. The lowest BCUT2D eigenvalue weighted by atomic mass is 9.95. The second kappa shape index (κ2) is 10.8. The number of aryl methyl sites for hydroxylation is 3. The number of nitrogens with zero attached hydrogens (tertiary/aromatic N) is 1.